The minimum Gasteiger partial charge on any atom is -0.341 e. The predicted octanol–water partition coefficient (Wildman–Crippen LogP) is 3.88. The lowest BCUT2D eigenvalue weighted by Gasteiger charge is -2.32. The molecule has 0 atom stereocenters. The molecule has 25 heavy (non-hydrogen) atoms. The van der Waals surface area contributed by atoms with Crippen molar-refractivity contribution < 1.29 is 4.79 Å². The Morgan fingerprint density at radius 3 is 2.84 bits per heavy atom. The number of H-pyrrole nitrogens is 1. The van der Waals surface area contributed by atoms with E-state index in [1.54, 1.807) is 0 Å². The van der Waals surface area contributed by atoms with Crippen molar-refractivity contribution in [1.29, 1.82) is 0 Å². The summed E-state index contributed by atoms with van der Waals surface area (Å²) in [5.41, 5.74) is 3.91. The average molecular weight is 338 g/mol. The van der Waals surface area contributed by atoms with Gasteiger partial charge in [0.2, 0.25) is 0 Å². The zero-order chi connectivity index (χ0) is 17.8. The van der Waals surface area contributed by atoms with Crippen molar-refractivity contribution in [3.63, 3.8) is 0 Å². The van der Waals surface area contributed by atoms with Crippen LogP contribution in [0.25, 0.3) is 11.2 Å². The van der Waals surface area contributed by atoms with Crippen LogP contribution in [0.15, 0.2) is 36.1 Å². The van der Waals surface area contributed by atoms with E-state index in [1.807, 2.05) is 43.2 Å². The van der Waals surface area contributed by atoms with Gasteiger partial charge in [0.1, 0.15) is 5.82 Å². The number of hydrogen-bond acceptors (Lipinski definition) is 3. The summed E-state index contributed by atoms with van der Waals surface area (Å²) in [6, 6.07) is 2.09. The highest BCUT2D eigenvalue weighted by Gasteiger charge is 2.26. The third kappa shape index (κ3) is 3.65. The first kappa shape index (κ1) is 17.4. The largest absolute Gasteiger partial charge is 0.341 e. The van der Waals surface area contributed by atoms with Gasteiger partial charge in [-0.3, -0.25) is 4.79 Å². The number of likely N-dealkylation sites (tertiary alicyclic amines) is 1. The zero-order valence-electron chi connectivity index (χ0n) is 15.2. The molecule has 2 aromatic heterocycles. The van der Waals surface area contributed by atoms with E-state index in [9.17, 15) is 4.79 Å². The number of hydrogen-bond donors (Lipinski definition) is 1. The van der Waals surface area contributed by atoms with Gasteiger partial charge in [-0.1, -0.05) is 25.2 Å². The number of carbonyl (C=O) groups is 1. The van der Waals surface area contributed by atoms with Crippen LogP contribution >= 0.6 is 0 Å². The van der Waals surface area contributed by atoms with E-state index < -0.39 is 0 Å². The Labute approximate surface area is 148 Å². The minimum absolute atomic E-state index is 0.149. The molecule has 3 heterocycles. The zero-order valence-corrected chi connectivity index (χ0v) is 15.2. The number of pyridine rings is 1. The maximum Gasteiger partial charge on any atom is 0.253 e. The van der Waals surface area contributed by atoms with Gasteiger partial charge in [0.05, 0.1) is 5.52 Å². The summed E-state index contributed by atoms with van der Waals surface area (Å²) in [4.78, 5) is 26.8. The van der Waals surface area contributed by atoms with Gasteiger partial charge in [-0.25, -0.2) is 9.97 Å². The molecule has 3 rings (SSSR count). The maximum absolute atomic E-state index is 12.7. The fourth-order valence-electron chi connectivity index (χ4n) is 3.59. The molecule has 0 aromatic carbocycles. The normalized spacial score (nSPS) is 16.9. The Balaban J connectivity index is 1.73. The van der Waals surface area contributed by atoms with E-state index >= 15 is 0 Å². The van der Waals surface area contributed by atoms with Gasteiger partial charge in [-0.2, -0.15) is 0 Å². The fourth-order valence-corrected chi connectivity index (χ4v) is 3.59. The van der Waals surface area contributed by atoms with Crippen molar-refractivity contribution in [2.75, 3.05) is 13.1 Å². The van der Waals surface area contributed by atoms with Gasteiger partial charge in [0.25, 0.3) is 5.91 Å². The summed E-state index contributed by atoms with van der Waals surface area (Å²) < 4.78 is 0. The fraction of sp³-hybridized carbons (Fsp3) is 0.450. The number of aromatic nitrogens is 3. The van der Waals surface area contributed by atoms with Crippen LogP contribution in [0.2, 0.25) is 0 Å². The molecule has 0 aliphatic carbocycles. The first-order chi connectivity index (χ1) is 12.1. The van der Waals surface area contributed by atoms with Gasteiger partial charge in [-0.05, 0) is 50.7 Å². The summed E-state index contributed by atoms with van der Waals surface area (Å²) in [7, 11) is 0. The Bertz CT molecular complexity index is 810. The number of amides is 1. The first-order valence-corrected chi connectivity index (χ1v) is 9.07. The number of aromatic amines is 1. The summed E-state index contributed by atoms with van der Waals surface area (Å²) in [6.07, 6.45) is 10.5. The summed E-state index contributed by atoms with van der Waals surface area (Å²) in [6.45, 7) is 7.54. The molecule has 5 heteroatoms. The Kier molecular flexibility index (Phi) is 5.31. The monoisotopic (exact) mass is 338 g/mol. The molecular weight excluding hydrogens is 312 g/mol. The van der Waals surface area contributed by atoms with Gasteiger partial charge in [0.15, 0.2) is 5.65 Å². The Morgan fingerprint density at radius 1 is 1.40 bits per heavy atom. The molecule has 0 unspecified atom stereocenters. The van der Waals surface area contributed by atoms with Crippen LogP contribution in [0.5, 0.6) is 0 Å². The number of rotatable bonds is 4. The molecule has 5 nitrogen and oxygen atoms in total. The SMILES string of the molecule is C/C=C\C(=C/CC)C(=O)N1CCC(c2ccnc3nc(C)[nH]c23)CC1. The minimum atomic E-state index is 0.149. The number of piperidine rings is 1. The molecule has 132 valence electrons. The average Bonchev–Trinajstić information content (AvgIpc) is 3.01. The van der Waals surface area contributed by atoms with Gasteiger partial charge in [0, 0.05) is 24.9 Å². The third-order valence-corrected chi connectivity index (χ3v) is 4.78. The second kappa shape index (κ2) is 7.64. The van der Waals surface area contributed by atoms with Crippen LogP contribution in [0, 0.1) is 6.92 Å². The summed E-state index contributed by atoms with van der Waals surface area (Å²) in [5.74, 6) is 1.48. The van der Waals surface area contributed by atoms with Crippen molar-refractivity contribution >= 4 is 17.1 Å². The molecule has 1 N–H and O–H groups in total. The van der Waals surface area contributed by atoms with Crippen LogP contribution in [0.3, 0.4) is 0 Å². The number of allylic oxidation sites excluding steroid dienone is 2. The van der Waals surface area contributed by atoms with Crippen molar-refractivity contribution in [2.45, 2.75) is 46.0 Å². The molecule has 1 fully saturated rings. The van der Waals surface area contributed by atoms with Crippen LogP contribution in [-0.4, -0.2) is 38.8 Å². The third-order valence-electron chi connectivity index (χ3n) is 4.78. The van der Waals surface area contributed by atoms with E-state index in [2.05, 4.69) is 27.9 Å². The lowest BCUT2D eigenvalue weighted by atomic mass is 9.89. The van der Waals surface area contributed by atoms with Gasteiger partial charge < -0.3 is 9.88 Å². The van der Waals surface area contributed by atoms with E-state index in [0.717, 1.165) is 54.9 Å². The molecule has 0 radical (unpaired) electrons. The molecule has 1 aliphatic rings. The van der Waals surface area contributed by atoms with Crippen LogP contribution in [-0.2, 0) is 4.79 Å². The molecule has 2 aromatic rings. The van der Waals surface area contributed by atoms with E-state index in [4.69, 9.17) is 0 Å². The van der Waals surface area contributed by atoms with Gasteiger partial charge >= 0.3 is 0 Å². The molecule has 1 aliphatic heterocycles. The highest BCUT2D eigenvalue weighted by Crippen LogP contribution is 2.32. The van der Waals surface area contributed by atoms with E-state index in [1.165, 1.54) is 5.56 Å². The number of nitrogens with one attached hydrogen (secondary N) is 1. The number of aryl methyl sites for hydroxylation is 1. The highest BCUT2D eigenvalue weighted by molar-refractivity contribution is 5.96. The second-order valence-electron chi connectivity index (χ2n) is 6.56. The smallest absolute Gasteiger partial charge is 0.253 e. The second-order valence-corrected chi connectivity index (χ2v) is 6.56. The van der Waals surface area contributed by atoms with Crippen molar-refractivity contribution in [3.8, 4) is 0 Å². The molecule has 0 saturated carbocycles. The number of imidazole rings is 1. The first-order valence-electron chi connectivity index (χ1n) is 9.07. The molecule has 0 bridgehead atoms. The molecule has 0 spiro atoms. The number of fused-ring (bicyclic) bond motifs is 1. The topological polar surface area (TPSA) is 61.9 Å². The van der Waals surface area contributed by atoms with Gasteiger partial charge in [-0.15, -0.1) is 0 Å². The standard InChI is InChI=1S/C20H26N4O/c1-4-6-16(7-5-2)20(25)24-12-9-15(10-13-24)17-8-11-21-19-18(17)22-14(3)23-19/h4,6-8,11,15H,5,9-10,12-13H2,1-3H3,(H,21,22,23)/b6-4-,16-7+. The molecule has 1 amide bonds. The Hall–Kier alpha value is -2.43. The maximum atomic E-state index is 12.7. The molecule has 1 saturated heterocycles. The predicted molar refractivity (Wildman–Crippen MR) is 100 cm³/mol. The number of nitrogens with zero attached hydrogens (tertiary/aromatic N) is 3. The summed E-state index contributed by atoms with van der Waals surface area (Å²) >= 11 is 0. The lowest BCUT2D eigenvalue weighted by Crippen LogP contribution is -2.38. The van der Waals surface area contributed by atoms with E-state index in [-0.39, 0.29) is 5.91 Å². The number of carbonyl (C=O) groups excluding carboxylic acids is 1. The van der Waals surface area contributed by atoms with E-state index in [0.29, 0.717) is 5.92 Å². The lowest BCUT2D eigenvalue weighted by molar-refractivity contribution is -0.127. The van der Waals surface area contributed by atoms with Crippen molar-refractivity contribution in [2.24, 2.45) is 0 Å². The highest BCUT2D eigenvalue weighted by atomic mass is 16.2. The van der Waals surface area contributed by atoms with Crippen molar-refractivity contribution in [3.05, 3.63) is 47.5 Å². The van der Waals surface area contributed by atoms with Crippen LogP contribution in [0.4, 0.5) is 0 Å². The van der Waals surface area contributed by atoms with Crippen molar-refractivity contribution in [1.82, 2.24) is 19.9 Å². The quantitative estimate of drug-likeness (QED) is 0.679. The molecular formula is C20H26N4O. The van der Waals surface area contributed by atoms with Crippen LogP contribution in [0.1, 0.15) is 50.4 Å². The van der Waals surface area contributed by atoms with Crippen LogP contribution < -0.4 is 0 Å². The Morgan fingerprint density at radius 2 is 2.16 bits per heavy atom. The summed E-state index contributed by atoms with van der Waals surface area (Å²) in [5, 5.41) is 0.